The highest BCUT2D eigenvalue weighted by Crippen LogP contribution is 2.48. The lowest BCUT2D eigenvalue weighted by Gasteiger charge is -2.37. The van der Waals surface area contributed by atoms with Gasteiger partial charge in [0, 0.05) is 17.0 Å². The van der Waals surface area contributed by atoms with E-state index in [1.807, 2.05) is 84.9 Å². The van der Waals surface area contributed by atoms with Gasteiger partial charge in [0.05, 0.1) is 52.9 Å². The summed E-state index contributed by atoms with van der Waals surface area (Å²) in [6.07, 6.45) is -0.176. The molecule has 2 N–H and O–H groups in total. The highest BCUT2D eigenvalue weighted by Gasteiger charge is 2.44. The molecule has 0 saturated carbocycles. The Morgan fingerprint density at radius 1 is 0.791 bits per heavy atom. The Balaban J connectivity index is 0.000000883. The van der Waals surface area contributed by atoms with Crippen LogP contribution in [0.25, 0.3) is 11.2 Å². The number of carbonyl (C=O) groups excluding carboxylic acids is 1. The lowest BCUT2D eigenvalue weighted by Crippen LogP contribution is -3.11. The molecule has 15 nitrogen and oxygen atoms in total. The van der Waals surface area contributed by atoms with Crippen LogP contribution in [0.15, 0.2) is 146 Å². The summed E-state index contributed by atoms with van der Waals surface area (Å²) < 4.78 is 51.2. The predicted molar refractivity (Wildman–Crippen MR) is 254 cm³/mol. The number of imidazole rings is 1. The van der Waals surface area contributed by atoms with Crippen LogP contribution in [0.2, 0.25) is 5.02 Å². The van der Waals surface area contributed by atoms with E-state index in [9.17, 15) is 14.3 Å². The Morgan fingerprint density at radius 2 is 1.34 bits per heavy atom. The lowest BCUT2D eigenvalue weighted by atomic mass is 9.80. The molecule has 0 spiro atoms. The van der Waals surface area contributed by atoms with Crippen molar-refractivity contribution in [2.75, 3.05) is 45.8 Å². The minimum absolute atomic E-state index is 0.00874. The van der Waals surface area contributed by atoms with Crippen molar-refractivity contribution in [3.63, 3.8) is 0 Å². The molecule has 1 fully saturated rings. The molecule has 3 heterocycles. The van der Waals surface area contributed by atoms with Crippen molar-refractivity contribution in [3.8, 4) is 17.2 Å². The third kappa shape index (κ3) is 11.7. The van der Waals surface area contributed by atoms with Crippen LogP contribution in [0, 0.1) is 0 Å². The summed E-state index contributed by atoms with van der Waals surface area (Å²) in [6.45, 7) is 10.3. The first-order valence-electron chi connectivity index (χ1n) is 22.0. The first-order chi connectivity index (χ1) is 32.5. The molecule has 4 atom stereocenters. The number of benzene rings is 5. The lowest BCUT2D eigenvalue weighted by molar-refractivity contribution is -0.894. The molecule has 17 heteroatoms. The molecule has 5 aromatic carbocycles. The normalized spacial score (nSPS) is 16.7. The van der Waals surface area contributed by atoms with Crippen LogP contribution in [0.4, 0.5) is 5.82 Å². The minimum atomic E-state index is -5.03. The van der Waals surface area contributed by atoms with Gasteiger partial charge < -0.3 is 43.1 Å². The Kier molecular flexibility index (Phi) is 16.4. The number of rotatable bonds is 18. The highest BCUT2D eigenvalue weighted by atomic mass is 35.5. The maximum atomic E-state index is 13.6. The maximum Gasteiger partial charge on any atom is 0.320 e. The molecule has 0 aliphatic carbocycles. The van der Waals surface area contributed by atoms with Crippen LogP contribution in [-0.4, -0.2) is 78.1 Å². The van der Waals surface area contributed by atoms with Gasteiger partial charge in [-0.25, -0.2) is 15.0 Å². The first kappa shape index (κ1) is 48.8. The predicted octanol–water partition coefficient (Wildman–Crippen LogP) is 7.91. The molecular weight excluding hydrogens is 895 g/mol. The van der Waals surface area contributed by atoms with E-state index in [4.69, 9.17) is 39.6 Å². The van der Waals surface area contributed by atoms with E-state index in [0.29, 0.717) is 33.2 Å². The van der Waals surface area contributed by atoms with Crippen LogP contribution < -0.4 is 29.1 Å². The fourth-order valence-corrected chi connectivity index (χ4v) is 9.00. The van der Waals surface area contributed by atoms with E-state index in [1.165, 1.54) is 56.6 Å². The maximum absolute atomic E-state index is 13.6. The first-order valence-corrected chi connectivity index (χ1v) is 23.8. The zero-order valence-corrected chi connectivity index (χ0v) is 39.6. The van der Waals surface area contributed by atoms with Crippen LogP contribution in [-0.2, 0) is 24.2 Å². The zero-order valence-electron chi connectivity index (χ0n) is 37.9. The molecule has 0 bridgehead atoms. The van der Waals surface area contributed by atoms with E-state index >= 15 is 0 Å². The standard InChI is InChI=1S/C44H39ClN5O9P.C6H15N/c1-54-34-19-13-31(14-20-34)44(30-11-7-4-8-12-30,32-15-21-35(55-2)22-16-32)56-26-38-37(59-60(52,53)58-36-23-17-33(45)18-24-36)25-39(57-38)50-28-48-40-41(46-27-47-42(40)50)49-43(51)29-9-5-3-6-10-29;1-4-7(5-2)6-3/h3-24,27-28,37-39H,25-26H2,1-2H3,(H,52,53)(H,46,47,49,51);4-6H2,1-3H3/t37-,38+,39+;/m0./s1. The quantitative estimate of drug-likeness (QED) is 0.0630. The number of hydrogen-bond donors (Lipinski definition) is 2. The van der Waals surface area contributed by atoms with Crippen LogP contribution in [0.5, 0.6) is 17.2 Å². The Morgan fingerprint density at radius 3 is 1.90 bits per heavy atom. The number of quaternary nitrogens is 1. The number of carbonyl (C=O) groups is 1. The highest BCUT2D eigenvalue weighted by molar-refractivity contribution is 7.46. The number of anilines is 1. The van der Waals surface area contributed by atoms with E-state index in [1.54, 1.807) is 48.0 Å². The molecular formula is C50H54ClN6O9P. The molecule has 1 saturated heterocycles. The summed E-state index contributed by atoms with van der Waals surface area (Å²) in [5, 5.41) is 3.21. The molecule has 1 unspecified atom stereocenters. The number of hydrogen-bond acceptors (Lipinski definition) is 12. The number of nitrogens with zero attached hydrogens (tertiary/aromatic N) is 4. The van der Waals surface area contributed by atoms with Gasteiger partial charge in [0.1, 0.15) is 41.5 Å². The van der Waals surface area contributed by atoms with E-state index < -0.39 is 31.9 Å². The van der Waals surface area contributed by atoms with Gasteiger partial charge >= 0.3 is 7.82 Å². The molecule has 8 rings (SSSR count). The number of ether oxygens (including phenoxy) is 4. The summed E-state index contributed by atoms with van der Waals surface area (Å²) in [7, 11) is -1.85. The van der Waals surface area contributed by atoms with Crippen LogP contribution >= 0.6 is 19.4 Å². The summed E-state index contributed by atoms with van der Waals surface area (Å²) in [6, 6.07) is 39.3. The SMILES string of the molecule is CC[NH+](CC)CC.COc1ccc(C(OC[C@H]2O[C@@H](n3cnc4c(NC(=O)c5ccccc5)ncnc43)C[C@@H]2OP(=O)([O-])Oc2ccc(Cl)cc2)(c2ccccc2)c2ccc(OC)cc2)cc1. The number of nitrogens with one attached hydrogen (secondary N) is 2. The van der Waals surface area contributed by atoms with Crippen molar-refractivity contribution in [2.45, 2.75) is 51.2 Å². The van der Waals surface area contributed by atoms with Gasteiger partial charge in [-0.15, -0.1) is 0 Å². The van der Waals surface area contributed by atoms with Crippen molar-refractivity contribution in [3.05, 3.63) is 173 Å². The molecule has 0 radical (unpaired) electrons. The van der Waals surface area contributed by atoms with Crippen molar-refractivity contribution in [1.29, 1.82) is 0 Å². The van der Waals surface area contributed by atoms with Gasteiger partial charge in [-0.05, 0) is 98.1 Å². The molecule has 7 aromatic rings. The van der Waals surface area contributed by atoms with Gasteiger partial charge in [0.2, 0.25) is 0 Å². The second-order valence-corrected chi connectivity index (χ2v) is 17.2. The Bertz CT molecular complexity index is 2660. The summed E-state index contributed by atoms with van der Waals surface area (Å²) >= 11 is 6.03. The topological polar surface area (TPSA) is 173 Å². The number of aromatic nitrogens is 4. The number of phosphoric acid groups is 1. The third-order valence-corrected chi connectivity index (χ3v) is 12.8. The number of phosphoric ester groups is 1. The third-order valence-electron chi connectivity index (χ3n) is 11.6. The van der Waals surface area contributed by atoms with E-state index in [2.05, 4.69) is 41.0 Å². The van der Waals surface area contributed by atoms with Crippen LogP contribution in [0.1, 0.15) is 60.5 Å². The fraction of sp³-hybridized carbons (Fsp3) is 0.280. The minimum Gasteiger partial charge on any atom is -0.746 e. The van der Waals surface area contributed by atoms with Crippen molar-refractivity contribution in [2.24, 2.45) is 0 Å². The second-order valence-electron chi connectivity index (χ2n) is 15.5. The van der Waals surface area contributed by atoms with Gasteiger partial charge in [-0.2, -0.15) is 0 Å². The number of fused-ring (bicyclic) bond motifs is 1. The number of halogens is 1. The average Bonchev–Trinajstić information content (AvgIpc) is 3.98. The number of methoxy groups -OCH3 is 2. The molecule has 2 aromatic heterocycles. The zero-order chi connectivity index (χ0) is 47.4. The van der Waals surface area contributed by atoms with Crippen molar-refractivity contribution in [1.82, 2.24) is 19.5 Å². The molecule has 1 aliphatic heterocycles. The second kappa shape index (κ2) is 22.6. The summed E-state index contributed by atoms with van der Waals surface area (Å²) in [5.74, 6) is 1.13. The smallest absolute Gasteiger partial charge is 0.320 e. The largest absolute Gasteiger partial charge is 0.746 e. The van der Waals surface area contributed by atoms with Gasteiger partial charge in [-0.1, -0.05) is 84.4 Å². The van der Waals surface area contributed by atoms with E-state index in [-0.39, 0.29) is 30.5 Å². The van der Waals surface area contributed by atoms with Crippen molar-refractivity contribution >= 4 is 42.3 Å². The summed E-state index contributed by atoms with van der Waals surface area (Å²) in [4.78, 5) is 41.6. The molecule has 350 valence electrons. The average molecular weight is 949 g/mol. The van der Waals surface area contributed by atoms with Gasteiger partial charge in [0.15, 0.2) is 17.0 Å². The Hall–Kier alpha value is -6.16. The Labute approximate surface area is 395 Å². The molecule has 1 amide bonds. The molecule has 67 heavy (non-hydrogen) atoms. The fourth-order valence-electron chi connectivity index (χ4n) is 7.90. The van der Waals surface area contributed by atoms with Gasteiger partial charge in [0.25, 0.3) is 5.91 Å². The summed E-state index contributed by atoms with van der Waals surface area (Å²) in [5.41, 5.74) is 2.11. The molecule has 1 aliphatic rings. The van der Waals surface area contributed by atoms with Crippen LogP contribution in [0.3, 0.4) is 0 Å². The van der Waals surface area contributed by atoms with Gasteiger partial charge in [-0.3, -0.25) is 13.9 Å². The number of amides is 1. The van der Waals surface area contributed by atoms with E-state index in [0.717, 1.165) is 16.7 Å². The monoisotopic (exact) mass is 948 g/mol. The van der Waals surface area contributed by atoms with Crippen molar-refractivity contribution < 1.29 is 47.1 Å².